The Morgan fingerprint density at radius 3 is 2.83 bits per heavy atom. The molecule has 18 heavy (non-hydrogen) atoms. The lowest BCUT2D eigenvalue weighted by molar-refractivity contribution is -0.136. The van der Waals surface area contributed by atoms with Crippen molar-refractivity contribution in [3.05, 3.63) is 34.3 Å². The Balaban J connectivity index is 2.73. The zero-order chi connectivity index (χ0) is 13.7. The number of rotatable bonds is 5. The molecule has 0 spiro atoms. The third-order valence-corrected chi connectivity index (χ3v) is 3.02. The van der Waals surface area contributed by atoms with E-state index in [1.165, 1.54) is 11.8 Å². The molecule has 0 aromatic carbocycles. The number of esters is 1. The quantitative estimate of drug-likeness (QED) is 0.268. The minimum absolute atomic E-state index is 0.112. The van der Waals surface area contributed by atoms with Crippen molar-refractivity contribution in [1.82, 2.24) is 9.55 Å². The largest absolute Gasteiger partial charge is 0.451 e. The second kappa shape index (κ2) is 6.39. The summed E-state index contributed by atoms with van der Waals surface area (Å²) in [7, 11) is 0. The molecule has 0 unspecified atom stereocenters. The Morgan fingerprint density at radius 2 is 2.28 bits per heavy atom. The first-order chi connectivity index (χ1) is 8.45. The zero-order valence-corrected chi connectivity index (χ0v) is 11.5. The van der Waals surface area contributed by atoms with Crippen molar-refractivity contribution in [2.45, 2.75) is 32.5 Å². The molecule has 0 aliphatic carbocycles. The van der Waals surface area contributed by atoms with Crippen LogP contribution in [0, 0.1) is 6.92 Å². The highest BCUT2D eigenvalue weighted by molar-refractivity contribution is 7.99. The van der Waals surface area contributed by atoms with Crippen LogP contribution in [0.15, 0.2) is 28.3 Å². The van der Waals surface area contributed by atoms with Gasteiger partial charge in [0.05, 0.1) is 0 Å². The molecule has 98 valence electrons. The van der Waals surface area contributed by atoms with Crippen molar-refractivity contribution in [2.24, 2.45) is 0 Å². The van der Waals surface area contributed by atoms with E-state index in [2.05, 4.69) is 11.6 Å². The van der Waals surface area contributed by atoms with Crippen LogP contribution < -0.4 is 5.56 Å². The topological polar surface area (TPSA) is 61.2 Å². The van der Waals surface area contributed by atoms with Crippen molar-refractivity contribution in [3.63, 3.8) is 0 Å². The van der Waals surface area contributed by atoms with Crippen LogP contribution in [0.3, 0.4) is 0 Å². The Bertz CT molecular complexity index is 523. The summed E-state index contributed by atoms with van der Waals surface area (Å²) in [5.74, 6) is -0.332. The molecule has 0 saturated heterocycles. The molecular weight excluding hydrogens is 252 g/mol. The lowest BCUT2D eigenvalue weighted by atomic mass is 10.4. The Morgan fingerprint density at radius 1 is 1.61 bits per heavy atom. The maximum Gasteiger partial charge on any atom is 0.333 e. The summed E-state index contributed by atoms with van der Waals surface area (Å²) < 4.78 is 6.79. The fourth-order valence-corrected chi connectivity index (χ4v) is 1.95. The van der Waals surface area contributed by atoms with Crippen molar-refractivity contribution in [2.75, 3.05) is 5.94 Å². The van der Waals surface area contributed by atoms with Gasteiger partial charge in [0.15, 0.2) is 5.16 Å². The van der Waals surface area contributed by atoms with Crippen LogP contribution in [0.25, 0.3) is 0 Å². The first-order valence-electron chi connectivity index (χ1n) is 5.49. The second-order valence-electron chi connectivity index (χ2n) is 3.77. The van der Waals surface area contributed by atoms with E-state index in [0.717, 1.165) is 0 Å². The summed E-state index contributed by atoms with van der Waals surface area (Å²) in [6.07, 6.45) is 1.75. The first-order valence-corrected chi connectivity index (χ1v) is 6.47. The third kappa shape index (κ3) is 3.73. The van der Waals surface area contributed by atoms with Crippen LogP contribution in [0.2, 0.25) is 0 Å². The van der Waals surface area contributed by atoms with Gasteiger partial charge >= 0.3 is 5.97 Å². The summed E-state index contributed by atoms with van der Waals surface area (Å²) in [5, 5.41) is 0.544. The first kappa shape index (κ1) is 14.5. The standard InChI is InChI=1S/C12H16N2O3S/c1-5-14-6-9(4)10(15)13-12(14)18-7-17-11(16)8(2)3/h6H,2,5,7H2,1,3-4H3. The highest BCUT2D eigenvalue weighted by Gasteiger charge is 2.08. The van der Waals surface area contributed by atoms with Crippen LogP contribution in [0.1, 0.15) is 19.4 Å². The predicted octanol–water partition coefficient (Wildman–Crippen LogP) is 1.74. The van der Waals surface area contributed by atoms with Gasteiger partial charge in [0.1, 0.15) is 5.94 Å². The average Bonchev–Trinajstić information content (AvgIpc) is 2.32. The summed E-state index contributed by atoms with van der Waals surface area (Å²) in [4.78, 5) is 26.6. The number of carbonyl (C=O) groups excluding carboxylic acids is 1. The van der Waals surface area contributed by atoms with Gasteiger partial charge in [0.2, 0.25) is 0 Å². The molecule has 0 radical (unpaired) electrons. The van der Waals surface area contributed by atoms with Crippen molar-refractivity contribution < 1.29 is 9.53 Å². The Labute approximate surface area is 110 Å². The predicted molar refractivity (Wildman–Crippen MR) is 70.5 cm³/mol. The fraction of sp³-hybridized carbons (Fsp3) is 0.417. The summed E-state index contributed by atoms with van der Waals surface area (Å²) in [5.41, 5.74) is 0.689. The van der Waals surface area contributed by atoms with E-state index in [4.69, 9.17) is 4.74 Å². The molecule has 1 aromatic rings. The average molecular weight is 268 g/mol. The van der Waals surface area contributed by atoms with E-state index in [0.29, 0.717) is 22.8 Å². The molecule has 0 amide bonds. The molecule has 0 fully saturated rings. The molecule has 0 N–H and O–H groups in total. The highest BCUT2D eigenvalue weighted by Crippen LogP contribution is 2.15. The third-order valence-electron chi connectivity index (χ3n) is 2.20. The molecule has 0 aliphatic rings. The molecule has 0 bridgehead atoms. The molecular formula is C12H16N2O3S. The van der Waals surface area contributed by atoms with Crippen molar-refractivity contribution in [3.8, 4) is 0 Å². The lowest BCUT2D eigenvalue weighted by Crippen LogP contribution is -2.17. The van der Waals surface area contributed by atoms with Gasteiger partial charge in [-0.1, -0.05) is 6.58 Å². The number of thioether (sulfide) groups is 1. The molecule has 1 heterocycles. The van der Waals surface area contributed by atoms with E-state index < -0.39 is 5.97 Å². The van der Waals surface area contributed by atoms with Gasteiger partial charge in [0.25, 0.3) is 5.56 Å². The second-order valence-corrected chi connectivity index (χ2v) is 4.66. The maximum absolute atomic E-state index is 11.5. The molecule has 1 aromatic heterocycles. The Kier molecular flexibility index (Phi) is 5.15. The number of carbonyl (C=O) groups is 1. The van der Waals surface area contributed by atoms with Gasteiger partial charge in [-0.2, -0.15) is 4.98 Å². The fourth-order valence-electron chi connectivity index (χ4n) is 1.18. The van der Waals surface area contributed by atoms with Gasteiger partial charge in [-0.05, 0) is 32.5 Å². The Hall–Kier alpha value is -1.56. The van der Waals surface area contributed by atoms with Gasteiger partial charge in [-0.25, -0.2) is 4.79 Å². The van der Waals surface area contributed by atoms with Crippen LogP contribution in [0.5, 0.6) is 0 Å². The minimum atomic E-state index is -0.444. The van der Waals surface area contributed by atoms with E-state index in [9.17, 15) is 9.59 Å². The molecule has 5 nitrogen and oxygen atoms in total. The maximum atomic E-state index is 11.5. The summed E-state index contributed by atoms with van der Waals surface area (Å²) >= 11 is 1.21. The molecule has 1 rings (SSSR count). The van der Waals surface area contributed by atoms with E-state index in [1.807, 2.05) is 11.5 Å². The van der Waals surface area contributed by atoms with Crippen LogP contribution >= 0.6 is 11.8 Å². The van der Waals surface area contributed by atoms with Gasteiger partial charge < -0.3 is 9.30 Å². The van der Waals surface area contributed by atoms with Crippen molar-refractivity contribution in [1.29, 1.82) is 0 Å². The number of ether oxygens (including phenoxy) is 1. The van der Waals surface area contributed by atoms with E-state index in [-0.39, 0.29) is 11.5 Å². The molecule has 0 aliphatic heterocycles. The van der Waals surface area contributed by atoms with Crippen LogP contribution in [0.4, 0.5) is 0 Å². The van der Waals surface area contributed by atoms with E-state index >= 15 is 0 Å². The lowest BCUT2D eigenvalue weighted by Gasteiger charge is -2.10. The number of aryl methyl sites for hydroxylation is 2. The van der Waals surface area contributed by atoms with Gasteiger partial charge in [-0.3, -0.25) is 4.79 Å². The number of hydrogen-bond acceptors (Lipinski definition) is 5. The van der Waals surface area contributed by atoms with Crippen LogP contribution in [-0.4, -0.2) is 21.5 Å². The summed E-state index contributed by atoms with van der Waals surface area (Å²) in [6, 6.07) is 0. The smallest absolute Gasteiger partial charge is 0.333 e. The zero-order valence-electron chi connectivity index (χ0n) is 10.7. The van der Waals surface area contributed by atoms with Gasteiger partial charge in [-0.15, -0.1) is 0 Å². The normalized spacial score (nSPS) is 10.2. The highest BCUT2D eigenvalue weighted by atomic mass is 32.2. The summed E-state index contributed by atoms with van der Waals surface area (Å²) in [6.45, 7) is 9.44. The molecule has 6 heteroatoms. The minimum Gasteiger partial charge on any atom is -0.451 e. The van der Waals surface area contributed by atoms with Gasteiger partial charge in [0, 0.05) is 23.9 Å². The monoisotopic (exact) mass is 268 g/mol. The van der Waals surface area contributed by atoms with Crippen molar-refractivity contribution >= 4 is 17.7 Å². The number of hydrogen-bond donors (Lipinski definition) is 0. The number of nitrogens with zero attached hydrogens (tertiary/aromatic N) is 2. The number of aromatic nitrogens is 2. The SMILES string of the molecule is C=C(C)C(=O)OCSc1nc(=O)c(C)cn1CC. The van der Waals surface area contributed by atoms with E-state index in [1.54, 1.807) is 20.0 Å². The molecule has 0 atom stereocenters. The van der Waals surface area contributed by atoms with Crippen LogP contribution in [-0.2, 0) is 16.1 Å². The molecule has 0 saturated carbocycles.